The van der Waals surface area contributed by atoms with Crippen molar-refractivity contribution in [1.82, 2.24) is 9.13 Å². The third kappa shape index (κ3) is 3.50. The molecule has 4 nitrogen and oxygen atoms in total. The smallest absolute Gasteiger partial charge is 0.203 e. The Labute approximate surface area is 146 Å². The molecule has 0 unspecified atom stereocenters. The van der Waals surface area contributed by atoms with Crippen LogP contribution in [0.25, 0.3) is 11.0 Å². The lowest BCUT2D eigenvalue weighted by atomic mass is 10.2. The zero-order chi connectivity index (χ0) is 15.5. The highest BCUT2D eigenvalue weighted by Gasteiger charge is 2.08. The average Bonchev–Trinajstić information content (AvgIpc) is 2.79. The minimum absolute atomic E-state index is 0. The number of fused-ring (bicyclic) bond motifs is 1. The minimum atomic E-state index is 0. The monoisotopic (exact) mass is 375 g/mol. The third-order valence-electron chi connectivity index (χ3n) is 3.86. The zero-order valence-corrected chi connectivity index (χ0v) is 15.2. The molecule has 0 aliphatic carbocycles. The van der Waals surface area contributed by atoms with Gasteiger partial charge in [0.05, 0.1) is 17.6 Å². The molecule has 5 heteroatoms. The summed E-state index contributed by atoms with van der Waals surface area (Å²) in [5, 5.41) is 8.36. The molecule has 0 saturated heterocycles. The van der Waals surface area contributed by atoms with Gasteiger partial charge in [0.25, 0.3) is 0 Å². The highest BCUT2D eigenvalue weighted by molar-refractivity contribution is 8.93. The molecule has 0 radical (unpaired) electrons. The van der Waals surface area contributed by atoms with E-state index in [1.165, 1.54) is 5.56 Å². The maximum atomic E-state index is 8.36. The molecule has 0 bridgehead atoms. The number of nitrogens with zero attached hydrogens (tertiary/aromatic N) is 2. The van der Waals surface area contributed by atoms with Crippen molar-refractivity contribution < 1.29 is 4.74 Å². The number of aryl methyl sites for hydroxylation is 2. The Morgan fingerprint density at radius 2 is 1.70 bits per heavy atom. The second kappa shape index (κ2) is 7.51. The second-order valence-corrected chi connectivity index (χ2v) is 5.37. The molecule has 23 heavy (non-hydrogen) atoms. The van der Waals surface area contributed by atoms with E-state index in [0.29, 0.717) is 18.8 Å². The van der Waals surface area contributed by atoms with Crippen LogP contribution >= 0.6 is 17.0 Å². The fourth-order valence-corrected chi connectivity index (χ4v) is 2.80. The first-order valence-corrected chi connectivity index (χ1v) is 7.63. The summed E-state index contributed by atoms with van der Waals surface area (Å²) >= 11 is 0. The standard InChI is InChI=1S/C18H21N3O.BrH/c1-3-20-16-9-4-5-10-17(16)21(18(20)19)11-12-22-15-8-6-7-14(2)13-15;/h4-10,13,19H,3,11-12H2,1-2H3;1H. The van der Waals surface area contributed by atoms with Gasteiger partial charge in [0.2, 0.25) is 5.62 Å². The van der Waals surface area contributed by atoms with Gasteiger partial charge in [-0.3, -0.25) is 5.41 Å². The quantitative estimate of drug-likeness (QED) is 0.721. The van der Waals surface area contributed by atoms with Crippen molar-refractivity contribution in [2.24, 2.45) is 0 Å². The summed E-state index contributed by atoms with van der Waals surface area (Å²) < 4.78 is 9.85. The van der Waals surface area contributed by atoms with Gasteiger partial charge in [0.1, 0.15) is 12.4 Å². The van der Waals surface area contributed by atoms with Gasteiger partial charge in [-0.15, -0.1) is 17.0 Å². The molecule has 122 valence electrons. The number of rotatable bonds is 5. The largest absolute Gasteiger partial charge is 0.492 e. The van der Waals surface area contributed by atoms with Crippen LogP contribution in [0.3, 0.4) is 0 Å². The van der Waals surface area contributed by atoms with E-state index in [1.54, 1.807) is 0 Å². The van der Waals surface area contributed by atoms with E-state index in [0.717, 1.165) is 23.3 Å². The van der Waals surface area contributed by atoms with Crippen LogP contribution < -0.4 is 10.4 Å². The summed E-state index contributed by atoms with van der Waals surface area (Å²) in [4.78, 5) is 0. The van der Waals surface area contributed by atoms with E-state index in [2.05, 4.69) is 32.0 Å². The van der Waals surface area contributed by atoms with Crippen LogP contribution in [0.2, 0.25) is 0 Å². The molecule has 3 aromatic rings. The summed E-state index contributed by atoms with van der Waals surface area (Å²) in [7, 11) is 0. The van der Waals surface area contributed by atoms with Crippen LogP contribution in [0.5, 0.6) is 5.75 Å². The van der Waals surface area contributed by atoms with E-state index >= 15 is 0 Å². The lowest BCUT2D eigenvalue weighted by Crippen LogP contribution is -2.26. The number of imidazole rings is 1. The van der Waals surface area contributed by atoms with Crippen molar-refractivity contribution in [3.05, 3.63) is 59.7 Å². The number of nitrogens with one attached hydrogen (secondary N) is 1. The Morgan fingerprint density at radius 3 is 2.35 bits per heavy atom. The Morgan fingerprint density at radius 1 is 1.00 bits per heavy atom. The van der Waals surface area contributed by atoms with Gasteiger partial charge < -0.3 is 13.9 Å². The van der Waals surface area contributed by atoms with Gasteiger partial charge in [-0.1, -0.05) is 24.3 Å². The van der Waals surface area contributed by atoms with Gasteiger partial charge in [0.15, 0.2) is 0 Å². The number of halogens is 1. The average molecular weight is 376 g/mol. The Kier molecular flexibility index (Phi) is 5.66. The second-order valence-electron chi connectivity index (χ2n) is 5.37. The van der Waals surface area contributed by atoms with Crippen molar-refractivity contribution in [3.63, 3.8) is 0 Å². The van der Waals surface area contributed by atoms with E-state index < -0.39 is 0 Å². The predicted octanol–water partition coefficient (Wildman–Crippen LogP) is 3.91. The van der Waals surface area contributed by atoms with Crippen molar-refractivity contribution in [2.45, 2.75) is 26.9 Å². The number of ether oxygens (including phenoxy) is 1. The van der Waals surface area contributed by atoms with Crippen molar-refractivity contribution in [3.8, 4) is 5.75 Å². The number of benzene rings is 2. The van der Waals surface area contributed by atoms with Gasteiger partial charge in [-0.2, -0.15) is 0 Å². The van der Waals surface area contributed by atoms with E-state index in [9.17, 15) is 0 Å². The summed E-state index contributed by atoms with van der Waals surface area (Å²) in [6, 6.07) is 16.2. The van der Waals surface area contributed by atoms with Crippen LogP contribution in [0.15, 0.2) is 48.5 Å². The van der Waals surface area contributed by atoms with E-state index in [-0.39, 0.29) is 17.0 Å². The molecule has 2 aromatic carbocycles. The first kappa shape index (κ1) is 17.3. The number of hydrogen-bond donors (Lipinski definition) is 1. The number of aromatic nitrogens is 2. The summed E-state index contributed by atoms with van der Waals surface area (Å²) in [6.07, 6.45) is 0. The van der Waals surface area contributed by atoms with E-state index in [1.807, 2.05) is 39.5 Å². The SMILES string of the molecule is Br.CCn1c(=N)n(CCOc2cccc(C)c2)c2ccccc21. The zero-order valence-electron chi connectivity index (χ0n) is 13.5. The van der Waals surface area contributed by atoms with Crippen LogP contribution in [0, 0.1) is 12.3 Å². The highest BCUT2D eigenvalue weighted by atomic mass is 79.9. The molecule has 1 heterocycles. The summed E-state index contributed by atoms with van der Waals surface area (Å²) in [6.45, 7) is 6.14. The van der Waals surface area contributed by atoms with Gasteiger partial charge in [0, 0.05) is 6.54 Å². The molecule has 0 aliphatic heterocycles. The lowest BCUT2D eigenvalue weighted by molar-refractivity contribution is 0.296. The van der Waals surface area contributed by atoms with E-state index in [4.69, 9.17) is 10.1 Å². The molecule has 0 amide bonds. The fraction of sp³-hybridized carbons (Fsp3) is 0.278. The van der Waals surface area contributed by atoms with Gasteiger partial charge in [-0.05, 0) is 43.7 Å². The molecule has 0 atom stereocenters. The fourth-order valence-electron chi connectivity index (χ4n) is 2.80. The van der Waals surface area contributed by atoms with Gasteiger partial charge in [-0.25, -0.2) is 0 Å². The van der Waals surface area contributed by atoms with Crippen molar-refractivity contribution in [1.29, 1.82) is 5.41 Å². The summed E-state index contributed by atoms with van der Waals surface area (Å²) in [5.74, 6) is 0.881. The molecule has 0 aliphatic rings. The minimum Gasteiger partial charge on any atom is -0.492 e. The maximum Gasteiger partial charge on any atom is 0.203 e. The van der Waals surface area contributed by atoms with Crippen LogP contribution in [0.1, 0.15) is 12.5 Å². The van der Waals surface area contributed by atoms with Crippen LogP contribution in [-0.2, 0) is 13.1 Å². The molecule has 1 N–H and O–H groups in total. The first-order valence-electron chi connectivity index (χ1n) is 7.63. The number of para-hydroxylation sites is 2. The summed E-state index contributed by atoms with van der Waals surface area (Å²) in [5.41, 5.74) is 3.90. The molecule has 0 fully saturated rings. The van der Waals surface area contributed by atoms with Crippen molar-refractivity contribution in [2.75, 3.05) is 6.61 Å². The van der Waals surface area contributed by atoms with Gasteiger partial charge >= 0.3 is 0 Å². The van der Waals surface area contributed by atoms with Crippen LogP contribution in [0.4, 0.5) is 0 Å². The van der Waals surface area contributed by atoms with Crippen LogP contribution in [-0.4, -0.2) is 15.7 Å². The number of hydrogen-bond acceptors (Lipinski definition) is 2. The maximum absolute atomic E-state index is 8.36. The third-order valence-corrected chi connectivity index (χ3v) is 3.86. The molecular formula is C18H22BrN3O. The predicted molar refractivity (Wildman–Crippen MR) is 98.5 cm³/mol. The normalized spacial score (nSPS) is 10.5. The Bertz CT molecular complexity index is 851. The molecule has 3 rings (SSSR count). The first-order chi connectivity index (χ1) is 10.7. The Hall–Kier alpha value is -2.01. The molecule has 0 saturated carbocycles. The lowest BCUT2D eigenvalue weighted by Gasteiger charge is -2.08. The van der Waals surface area contributed by atoms with Crippen molar-refractivity contribution >= 4 is 28.0 Å². The topological polar surface area (TPSA) is 42.9 Å². The Balaban J connectivity index is 0.00000192. The highest BCUT2D eigenvalue weighted by Crippen LogP contribution is 2.14. The molecule has 1 aromatic heterocycles. The molecular weight excluding hydrogens is 354 g/mol. The molecule has 0 spiro atoms.